The van der Waals surface area contributed by atoms with E-state index in [4.69, 9.17) is 9.47 Å². The highest BCUT2D eigenvalue weighted by atomic mass is 79.9. The molecule has 1 aromatic heterocycles. The van der Waals surface area contributed by atoms with Gasteiger partial charge in [0.15, 0.2) is 6.61 Å². The van der Waals surface area contributed by atoms with Crippen LogP contribution in [0.4, 0.5) is 11.4 Å². The van der Waals surface area contributed by atoms with Crippen molar-refractivity contribution in [1.82, 2.24) is 4.98 Å². The molecule has 8 rings (SSSR count). The second-order valence-corrected chi connectivity index (χ2v) is 15.2. The number of hydrogen-bond acceptors (Lipinski definition) is 8. The zero-order valence-electron chi connectivity index (χ0n) is 24.5. The number of H-pyrrole nitrogens is 1. The van der Waals surface area contributed by atoms with Crippen molar-refractivity contribution in [1.29, 1.82) is 0 Å². The maximum absolute atomic E-state index is 14.0. The molecule has 4 aliphatic rings. The summed E-state index contributed by atoms with van der Waals surface area (Å²) < 4.78 is 12.2. The lowest BCUT2D eigenvalue weighted by atomic mass is 9.68. The van der Waals surface area contributed by atoms with Gasteiger partial charge in [0.25, 0.3) is 5.91 Å². The van der Waals surface area contributed by atoms with Crippen LogP contribution in [-0.4, -0.2) is 41.7 Å². The Balaban J connectivity index is 1.10. The molecule has 1 saturated heterocycles. The van der Waals surface area contributed by atoms with Gasteiger partial charge in [-0.3, -0.25) is 24.1 Å². The number of nitrogens with one attached hydrogen (secondary N) is 2. The molecule has 3 heterocycles. The van der Waals surface area contributed by atoms with E-state index in [2.05, 4.69) is 26.2 Å². The van der Waals surface area contributed by atoms with Crippen LogP contribution in [0.2, 0.25) is 0 Å². The number of para-hydroxylation sites is 1. The molecule has 9 nitrogen and oxygen atoms in total. The number of amides is 3. The van der Waals surface area contributed by atoms with Gasteiger partial charge >= 0.3 is 4.87 Å². The summed E-state index contributed by atoms with van der Waals surface area (Å²) in [6, 6.07) is 22.0. The number of carbonyl (C=O) groups is 3. The second kappa shape index (κ2) is 11.4. The highest BCUT2D eigenvalue weighted by Crippen LogP contribution is 2.69. The van der Waals surface area contributed by atoms with Crippen molar-refractivity contribution < 1.29 is 23.9 Å². The first-order valence-electron chi connectivity index (χ1n) is 15.0. The Hall–Kier alpha value is -3.87. The minimum Gasteiger partial charge on any atom is -0.497 e. The largest absolute Gasteiger partial charge is 0.497 e. The first-order valence-corrected chi connectivity index (χ1v) is 17.5. The zero-order chi connectivity index (χ0) is 31.7. The van der Waals surface area contributed by atoms with Gasteiger partial charge in [-0.25, -0.2) is 0 Å². The molecular weight excluding hydrogens is 690 g/mol. The summed E-state index contributed by atoms with van der Waals surface area (Å²) in [7, 11) is 1.58. The number of rotatable bonds is 7. The molecular formula is C34H28BrN3O6S2. The number of nitrogens with zero attached hydrogens (tertiary/aromatic N) is 1. The van der Waals surface area contributed by atoms with Crippen LogP contribution in [-0.2, 0) is 14.4 Å². The number of thiazole rings is 1. The molecule has 2 bridgehead atoms. The SMILES string of the molecule is COc1ccc(NC(=O)COc2ccccc2[C@@H]2c3sc(=O)[nH]c3S[C@@H]3[C@@H]4C[C@@H]([C@@H]5C(=O)N(c6ccc(Br)cc6)C(=O)[C@@H]45)[C@H]23)cc1. The van der Waals surface area contributed by atoms with Crippen LogP contribution in [0.5, 0.6) is 11.5 Å². The number of methoxy groups -OCH3 is 1. The van der Waals surface area contributed by atoms with Gasteiger partial charge < -0.3 is 19.8 Å². The van der Waals surface area contributed by atoms with Crippen LogP contribution in [0.25, 0.3) is 0 Å². The molecule has 3 aromatic carbocycles. The predicted octanol–water partition coefficient (Wildman–Crippen LogP) is 5.90. The van der Waals surface area contributed by atoms with E-state index < -0.39 is 5.92 Å². The number of carbonyl (C=O) groups excluding carboxylic acids is 3. The number of benzene rings is 3. The molecule has 7 atom stereocenters. The van der Waals surface area contributed by atoms with E-state index in [-0.39, 0.29) is 64.0 Å². The molecule has 46 heavy (non-hydrogen) atoms. The summed E-state index contributed by atoms with van der Waals surface area (Å²) in [6.45, 7) is -0.208. The van der Waals surface area contributed by atoms with Crippen molar-refractivity contribution in [3.63, 3.8) is 0 Å². The van der Waals surface area contributed by atoms with Gasteiger partial charge in [0.05, 0.1) is 29.7 Å². The van der Waals surface area contributed by atoms with Crippen molar-refractivity contribution in [3.05, 3.63) is 97.4 Å². The summed E-state index contributed by atoms with van der Waals surface area (Å²) in [6.07, 6.45) is 0.784. The van der Waals surface area contributed by atoms with Gasteiger partial charge in [0.1, 0.15) is 11.5 Å². The summed E-state index contributed by atoms with van der Waals surface area (Å²) in [5.41, 5.74) is 2.09. The lowest BCUT2D eigenvalue weighted by Crippen LogP contribution is -2.42. The fraction of sp³-hybridized carbons (Fsp3) is 0.294. The van der Waals surface area contributed by atoms with Crippen LogP contribution < -0.4 is 24.6 Å². The third-order valence-corrected chi connectivity index (χ3v) is 12.9. The van der Waals surface area contributed by atoms with Gasteiger partial charge in [-0.1, -0.05) is 45.5 Å². The zero-order valence-corrected chi connectivity index (χ0v) is 27.7. The Bertz CT molecular complexity index is 1930. The van der Waals surface area contributed by atoms with E-state index in [1.165, 1.54) is 16.2 Å². The van der Waals surface area contributed by atoms with Crippen molar-refractivity contribution in [3.8, 4) is 11.5 Å². The Morgan fingerprint density at radius 3 is 2.43 bits per heavy atom. The lowest BCUT2D eigenvalue weighted by Gasteiger charge is -2.43. The number of aromatic amines is 1. The molecule has 4 aromatic rings. The maximum Gasteiger partial charge on any atom is 0.305 e. The van der Waals surface area contributed by atoms with Gasteiger partial charge in [-0.05, 0) is 78.8 Å². The number of halogens is 1. The van der Waals surface area contributed by atoms with Crippen LogP contribution in [0, 0.1) is 29.6 Å². The van der Waals surface area contributed by atoms with Crippen molar-refractivity contribution >= 4 is 68.1 Å². The van der Waals surface area contributed by atoms with Crippen molar-refractivity contribution in [2.45, 2.75) is 22.6 Å². The van der Waals surface area contributed by atoms with Gasteiger partial charge in [0.2, 0.25) is 11.8 Å². The summed E-state index contributed by atoms with van der Waals surface area (Å²) in [4.78, 5) is 58.7. The highest BCUT2D eigenvalue weighted by Gasteiger charge is 2.69. The molecule has 2 saturated carbocycles. The van der Waals surface area contributed by atoms with E-state index in [9.17, 15) is 19.2 Å². The van der Waals surface area contributed by atoms with Crippen LogP contribution in [0.1, 0.15) is 22.8 Å². The van der Waals surface area contributed by atoms with Crippen LogP contribution >= 0.6 is 39.0 Å². The molecule has 0 radical (unpaired) electrons. The van der Waals surface area contributed by atoms with E-state index in [1.54, 1.807) is 55.3 Å². The Labute approximate surface area is 280 Å². The fourth-order valence-corrected chi connectivity index (χ4v) is 11.2. The van der Waals surface area contributed by atoms with Gasteiger partial charge in [-0.2, -0.15) is 0 Å². The average Bonchev–Trinajstić information content (AvgIpc) is 3.80. The Morgan fingerprint density at radius 1 is 0.978 bits per heavy atom. The number of fused-ring (bicyclic) bond motifs is 9. The third-order valence-electron chi connectivity index (χ3n) is 9.80. The van der Waals surface area contributed by atoms with Gasteiger partial charge in [-0.15, -0.1) is 11.8 Å². The van der Waals surface area contributed by atoms with Crippen molar-refractivity contribution in [2.75, 3.05) is 23.9 Å². The van der Waals surface area contributed by atoms with E-state index in [0.717, 1.165) is 26.4 Å². The topological polar surface area (TPSA) is 118 Å². The monoisotopic (exact) mass is 717 g/mol. The molecule has 234 valence electrons. The standard InChI is InChI=1S/C34H28BrN3O6S2/c1-43-19-12-8-17(9-13-19)36-24(39)15-44-23-5-3-2-4-20(23)25-26-21-14-22(29(26)45-31-30(25)46-34(42)37-31)28-27(21)32(40)38(33(28)41)18-10-6-16(35)7-11-18/h2-13,21-22,25-29H,14-15H2,1H3,(H,36,39)(H,37,42)/t21-,22-,25+,26-,27+,28+,29-/m1/s1. The molecule has 3 fully saturated rings. The van der Waals surface area contributed by atoms with Crippen LogP contribution in [0.3, 0.4) is 0 Å². The Morgan fingerprint density at radius 2 is 1.70 bits per heavy atom. The lowest BCUT2D eigenvalue weighted by molar-refractivity contribution is -0.123. The molecule has 3 amide bonds. The molecule has 0 unspecified atom stereocenters. The van der Waals surface area contributed by atoms with Crippen LogP contribution in [0.15, 0.2) is 87.1 Å². The maximum atomic E-state index is 14.0. The van der Waals surface area contributed by atoms with Gasteiger partial charge in [0, 0.05) is 31.8 Å². The smallest absolute Gasteiger partial charge is 0.305 e. The first kappa shape index (κ1) is 29.5. The number of aromatic nitrogens is 1. The second-order valence-electron chi connectivity index (χ2n) is 12.1. The van der Waals surface area contributed by atoms with E-state index in [1.807, 2.05) is 36.4 Å². The number of hydrogen-bond donors (Lipinski definition) is 2. The van der Waals surface area contributed by atoms with E-state index >= 15 is 0 Å². The molecule has 2 aliphatic carbocycles. The Kier molecular flexibility index (Phi) is 7.34. The minimum atomic E-state index is -0.411. The highest BCUT2D eigenvalue weighted by molar-refractivity contribution is 9.10. The fourth-order valence-electron chi connectivity index (χ4n) is 8.09. The number of anilines is 2. The average molecular weight is 719 g/mol. The molecule has 2 aliphatic heterocycles. The minimum absolute atomic E-state index is 0.00399. The summed E-state index contributed by atoms with van der Waals surface area (Å²) in [5.74, 6) is -0.375. The predicted molar refractivity (Wildman–Crippen MR) is 179 cm³/mol. The third kappa shape index (κ3) is 4.72. The summed E-state index contributed by atoms with van der Waals surface area (Å²) >= 11 is 6.27. The number of ether oxygens (including phenoxy) is 2. The summed E-state index contributed by atoms with van der Waals surface area (Å²) in [5, 5.41) is 3.71. The quantitative estimate of drug-likeness (QED) is 0.229. The van der Waals surface area contributed by atoms with Crippen molar-refractivity contribution in [2.24, 2.45) is 29.6 Å². The first-order chi connectivity index (χ1) is 22.3. The molecule has 0 spiro atoms. The number of thioether (sulfide) groups is 1. The van der Waals surface area contributed by atoms with E-state index in [0.29, 0.717) is 22.9 Å². The molecule has 12 heteroatoms. The molecule has 2 N–H and O–H groups in total. The number of imide groups is 1. The normalized spacial score (nSPS) is 27.3.